The van der Waals surface area contributed by atoms with Gasteiger partial charge in [0, 0.05) is 16.2 Å². The van der Waals surface area contributed by atoms with Crippen LogP contribution in [0.1, 0.15) is 23.2 Å². The largest absolute Gasteiger partial charge is 0.438 e. The lowest BCUT2D eigenvalue weighted by molar-refractivity contribution is 0.454. The molecule has 0 amide bonds. The maximum absolute atomic E-state index is 13.4. The van der Waals surface area contributed by atoms with Gasteiger partial charge in [0.25, 0.3) is 0 Å². The molecule has 21 heavy (non-hydrogen) atoms. The fraction of sp³-hybridized carbons (Fsp3) is 0.200. The molecule has 1 heterocycles. The number of nitrogens with one attached hydrogen (secondary N) is 1. The zero-order valence-electron chi connectivity index (χ0n) is 11.1. The number of hydrogen-bond acceptors (Lipinski definition) is 3. The quantitative estimate of drug-likeness (QED) is 0.657. The molecule has 0 fully saturated rings. The molecule has 6 heteroatoms. The third kappa shape index (κ3) is 2.90. The van der Waals surface area contributed by atoms with E-state index in [-0.39, 0.29) is 11.7 Å². The molecule has 3 N–H and O–H groups in total. The maximum Gasteiger partial charge on any atom is 0.230 e. The van der Waals surface area contributed by atoms with E-state index in [1.165, 1.54) is 12.1 Å². The monoisotopic (exact) mass is 349 g/mol. The highest BCUT2D eigenvalue weighted by molar-refractivity contribution is 9.10. The number of aromatic nitrogens is 1. The third-order valence-electron chi connectivity index (χ3n) is 3.36. The van der Waals surface area contributed by atoms with Gasteiger partial charge >= 0.3 is 0 Å². The first-order valence-electron chi connectivity index (χ1n) is 6.54. The van der Waals surface area contributed by atoms with Crippen LogP contribution in [0.3, 0.4) is 0 Å². The lowest BCUT2D eigenvalue weighted by atomic mass is 10.1. The molecule has 0 saturated carbocycles. The third-order valence-corrected chi connectivity index (χ3v) is 3.81. The summed E-state index contributed by atoms with van der Waals surface area (Å²) in [5, 5.41) is 7.66. The summed E-state index contributed by atoms with van der Waals surface area (Å²) < 4.78 is 19.6. The fourth-order valence-corrected chi connectivity index (χ4v) is 2.87. The number of rotatable bonds is 3. The van der Waals surface area contributed by atoms with Crippen LogP contribution in [0.5, 0.6) is 11.6 Å². The van der Waals surface area contributed by atoms with Crippen LogP contribution in [0.2, 0.25) is 0 Å². The molecular weight excluding hydrogens is 337 g/mol. The van der Waals surface area contributed by atoms with Gasteiger partial charge < -0.3 is 10.5 Å². The molecule has 3 rings (SSSR count). The molecule has 0 spiro atoms. The van der Waals surface area contributed by atoms with Crippen LogP contribution in [0.15, 0.2) is 28.7 Å². The van der Waals surface area contributed by atoms with E-state index in [0.717, 1.165) is 30.5 Å². The van der Waals surface area contributed by atoms with Crippen molar-refractivity contribution in [1.82, 2.24) is 4.98 Å². The van der Waals surface area contributed by atoms with Gasteiger partial charge in [-0.2, -0.15) is 0 Å². The molecule has 0 aliphatic heterocycles. The van der Waals surface area contributed by atoms with Gasteiger partial charge in [-0.15, -0.1) is 0 Å². The van der Waals surface area contributed by atoms with Crippen LogP contribution in [0.25, 0.3) is 0 Å². The SMILES string of the molecule is N=C(N)c1cc2c(nc1Oc1cc(F)cc(Br)c1)CCC2. The van der Waals surface area contributed by atoms with Crippen LogP contribution < -0.4 is 10.5 Å². The van der Waals surface area contributed by atoms with E-state index in [2.05, 4.69) is 20.9 Å². The molecule has 1 aromatic carbocycles. The summed E-state index contributed by atoms with van der Waals surface area (Å²) in [5.74, 6) is 0.0445. The van der Waals surface area contributed by atoms with E-state index >= 15 is 0 Å². The second-order valence-electron chi connectivity index (χ2n) is 4.92. The van der Waals surface area contributed by atoms with E-state index in [1.807, 2.05) is 6.07 Å². The van der Waals surface area contributed by atoms with Crippen molar-refractivity contribution in [2.45, 2.75) is 19.3 Å². The Balaban J connectivity index is 2.03. The summed E-state index contributed by atoms with van der Waals surface area (Å²) >= 11 is 3.22. The minimum atomic E-state index is -0.412. The van der Waals surface area contributed by atoms with Crippen LogP contribution >= 0.6 is 15.9 Å². The van der Waals surface area contributed by atoms with Crippen molar-refractivity contribution in [2.75, 3.05) is 0 Å². The molecule has 2 aromatic rings. The van der Waals surface area contributed by atoms with Crippen LogP contribution in [-0.2, 0) is 12.8 Å². The topological polar surface area (TPSA) is 72.0 Å². The summed E-state index contributed by atoms with van der Waals surface area (Å²) in [4.78, 5) is 4.45. The number of nitrogen functional groups attached to an aromatic ring is 1. The van der Waals surface area contributed by atoms with Crippen LogP contribution in [0.4, 0.5) is 4.39 Å². The van der Waals surface area contributed by atoms with Crippen molar-refractivity contribution in [3.8, 4) is 11.6 Å². The molecule has 1 aliphatic carbocycles. The molecule has 0 bridgehead atoms. The van der Waals surface area contributed by atoms with E-state index in [9.17, 15) is 4.39 Å². The number of halogens is 2. The molecule has 0 atom stereocenters. The molecular formula is C15H13BrFN3O. The van der Waals surface area contributed by atoms with Gasteiger partial charge in [0.2, 0.25) is 5.88 Å². The number of pyridine rings is 1. The van der Waals surface area contributed by atoms with Gasteiger partial charge in [-0.05, 0) is 43.0 Å². The molecule has 0 unspecified atom stereocenters. The summed E-state index contributed by atoms with van der Waals surface area (Å²) in [5.41, 5.74) is 8.11. The van der Waals surface area contributed by atoms with Crippen molar-refractivity contribution in [1.29, 1.82) is 5.41 Å². The van der Waals surface area contributed by atoms with Crippen molar-refractivity contribution < 1.29 is 9.13 Å². The first-order chi connectivity index (χ1) is 10.0. The molecule has 108 valence electrons. The smallest absolute Gasteiger partial charge is 0.230 e. The van der Waals surface area contributed by atoms with Gasteiger partial charge in [0.05, 0.1) is 5.56 Å². The zero-order valence-corrected chi connectivity index (χ0v) is 12.7. The number of ether oxygens (including phenoxy) is 1. The highest BCUT2D eigenvalue weighted by Gasteiger charge is 2.19. The molecule has 0 radical (unpaired) electrons. The summed E-state index contributed by atoms with van der Waals surface area (Å²) in [6, 6.07) is 6.10. The predicted octanol–water partition coefficient (Wildman–Crippen LogP) is 3.55. The van der Waals surface area contributed by atoms with Gasteiger partial charge in [-0.25, -0.2) is 9.37 Å². The number of benzene rings is 1. The Morgan fingerprint density at radius 3 is 2.81 bits per heavy atom. The Hall–Kier alpha value is -1.95. The van der Waals surface area contributed by atoms with Crippen molar-refractivity contribution in [3.63, 3.8) is 0 Å². The Morgan fingerprint density at radius 1 is 1.29 bits per heavy atom. The van der Waals surface area contributed by atoms with Gasteiger partial charge in [-0.1, -0.05) is 15.9 Å². The Kier molecular flexibility index (Phi) is 3.63. The van der Waals surface area contributed by atoms with Crippen molar-refractivity contribution in [3.05, 3.63) is 51.4 Å². The second kappa shape index (κ2) is 5.44. The molecule has 4 nitrogen and oxygen atoms in total. The van der Waals surface area contributed by atoms with Gasteiger partial charge in [0.15, 0.2) is 0 Å². The first kappa shape index (κ1) is 14.0. The minimum Gasteiger partial charge on any atom is -0.438 e. The molecule has 1 aliphatic rings. The average molecular weight is 350 g/mol. The highest BCUT2D eigenvalue weighted by Crippen LogP contribution is 2.31. The number of nitrogens with zero attached hydrogens (tertiary/aromatic N) is 1. The Morgan fingerprint density at radius 2 is 2.10 bits per heavy atom. The van der Waals surface area contributed by atoms with Crippen LogP contribution in [-0.4, -0.2) is 10.8 Å². The van der Waals surface area contributed by atoms with Crippen molar-refractivity contribution >= 4 is 21.8 Å². The lowest BCUT2D eigenvalue weighted by Crippen LogP contribution is -2.14. The summed E-state index contributed by atoms with van der Waals surface area (Å²) in [7, 11) is 0. The molecule has 1 aromatic heterocycles. The van der Waals surface area contributed by atoms with E-state index in [0.29, 0.717) is 15.8 Å². The highest BCUT2D eigenvalue weighted by atomic mass is 79.9. The summed E-state index contributed by atoms with van der Waals surface area (Å²) in [6.07, 6.45) is 2.86. The van der Waals surface area contributed by atoms with Crippen molar-refractivity contribution in [2.24, 2.45) is 5.73 Å². The van der Waals surface area contributed by atoms with E-state index < -0.39 is 5.82 Å². The van der Waals surface area contributed by atoms with E-state index in [4.69, 9.17) is 15.9 Å². The zero-order chi connectivity index (χ0) is 15.0. The normalized spacial score (nSPS) is 13.0. The lowest BCUT2D eigenvalue weighted by Gasteiger charge is -2.12. The van der Waals surface area contributed by atoms with Gasteiger partial charge in [0.1, 0.15) is 17.4 Å². The Labute approximate surface area is 129 Å². The second-order valence-corrected chi connectivity index (χ2v) is 5.84. The minimum absolute atomic E-state index is 0.109. The number of amidine groups is 1. The number of aryl methyl sites for hydroxylation is 2. The maximum atomic E-state index is 13.4. The standard InChI is InChI=1S/C15H13BrFN3O/c16-9-5-10(17)7-11(6-9)21-15-12(14(18)19)4-8-2-1-3-13(8)20-15/h4-7H,1-3H2,(H3,18,19). The van der Waals surface area contributed by atoms with E-state index in [1.54, 1.807) is 6.07 Å². The Bertz CT molecular complexity index is 713. The van der Waals surface area contributed by atoms with Gasteiger partial charge in [-0.3, -0.25) is 5.41 Å². The fourth-order valence-electron chi connectivity index (χ4n) is 2.42. The number of hydrogen-bond donors (Lipinski definition) is 2. The number of nitrogens with two attached hydrogens (primary N) is 1. The molecule has 0 saturated heterocycles. The summed E-state index contributed by atoms with van der Waals surface area (Å²) in [6.45, 7) is 0. The predicted molar refractivity (Wildman–Crippen MR) is 81.5 cm³/mol. The van der Waals surface area contributed by atoms with Crippen LogP contribution in [0, 0.1) is 11.2 Å². The average Bonchev–Trinajstić information content (AvgIpc) is 2.83. The first-order valence-corrected chi connectivity index (χ1v) is 7.33. The number of fused-ring (bicyclic) bond motifs is 1.